The molecule has 76 valence electrons. The summed E-state index contributed by atoms with van der Waals surface area (Å²) >= 11 is 0. The largest absolute Gasteiger partial charge is 0.398 e. The van der Waals surface area contributed by atoms with Gasteiger partial charge in [0, 0.05) is 11.3 Å². The van der Waals surface area contributed by atoms with Gasteiger partial charge in [-0.2, -0.15) is 0 Å². The third kappa shape index (κ3) is 2.09. The fourth-order valence-electron chi connectivity index (χ4n) is 1.12. The molecule has 0 heterocycles. The maximum atomic E-state index is 12.7. The number of carbonyl (C=O) groups excluding carboxylic acids is 1. The summed E-state index contributed by atoms with van der Waals surface area (Å²) in [4.78, 5) is 11.6. The van der Waals surface area contributed by atoms with E-state index in [1.54, 1.807) is 14.0 Å². The van der Waals surface area contributed by atoms with Crippen molar-refractivity contribution in [2.45, 2.75) is 13.0 Å². The lowest BCUT2D eigenvalue weighted by Gasteiger charge is -2.10. The van der Waals surface area contributed by atoms with Crippen LogP contribution in [0.1, 0.15) is 17.3 Å². The number of hydrogen-bond acceptors (Lipinski definition) is 3. The number of nitrogen functional groups attached to an aromatic ring is 1. The minimum atomic E-state index is -0.434. The highest BCUT2D eigenvalue weighted by atomic mass is 19.1. The number of ketones is 1. The molecular formula is C10H13FN2O. The highest BCUT2D eigenvalue weighted by Gasteiger charge is 2.15. The molecule has 3 N–H and O–H groups in total. The van der Waals surface area contributed by atoms with Crippen LogP contribution in [0.4, 0.5) is 10.1 Å². The Labute approximate surface area is 82.1 Å². The van der Waals surface area contributed by atoms with Gasteiger partial charge in [-0.25, -0.2) is 4.39 Å². The number of nitrogens with two attached hydrogens (primary N) is 1. The monoisotopic (exact) mass is 196 g/mol. The Kier molecular flexibility index (Phi) is 3.19. The number of Topliss-reactive ketones (excluding diaryl/α,β-unsaturated/α-hetero) is 1. The van der Waals surface area contributed by atoms with E-state index in [9.17, 15) is 9.18 Å². The lowest BCUT2D eigenvalue weighted by molar-refractivity contribution is 0.0956. The predicted molar refractivity (Wildman–Crippen MR) is 53.7 cm³/mol. The molecule has 0 aliphatic rings. The van der Waals surface area contributed by atoms with E-state index in [4.69, 9.17) is 5.73 Å². The van der Waals surface area contributed by atoms with Gasteiger partial charge in [-0.3, -0.25) is 4.79 Å². The minimum Gasteiger partial charge on any atom is -0.398 e. The Morgan fingerprint density at radius 2 is 2.21 bits per heavy atom. The summed E-state index contributed by atoms with van der Waals surface area (Å²) < 4.78 is 12.7. The van der Waals surface area contributed by atoms with Gasteiger partial charge in [-0.1, -0.05) is 0 Å². The summed E-state index contributed by atoms with van der Waals surface area (Å²) in [5.41, 5.74) is 6.06. The summed E-state index contributed by atoms with van der Waals surface area (Å²) in [6.45, 7) is 1.73. The Morgan fingerprint density at radius 3 is 2.71 bits per heavy atom. The smallest absolute Gasteiger partial charge is 0.181 e. The maximum Gasteiger partial charge on any atom is 0.181 e. The van der Waals surface area contributed by atoms with Gasteiger partial charge in [-0.05, 0) is 32.2 Å². The summed E-state index contributed by atoms with van der Waals surface area (Å²) in [5.74, 6) is -0.568. The second-order valence-electron chi connectivity index (χ2n) is 3.11. The van der Waals surface area contributed by atoms with Gasteiger partial charge >= 0.3 is 0 Å². The van der Waals surface area contributed by atoms with Crippen LogP contribution in [0.3, 0.4) is 0 Å². The van der Waals surface area contributed by atoms with Crippen LogP contribution >= 0.6 is 0 Å². The van der Waals surface area contributed by atoms with E-state index in [0.717, 1.165) is 6.07 Å². The van der Waals surface area contributed by atoms with E-state index in [-0.39, 0.29) is 17.5 Å². The molecule has 1 unspecified atom stereocenters. The van der Waals surface area contributed by atoms with Crippen molar-refractivity contribution in [2.24, 2.45) is 0 Å². The van der Waals surface area contributed by atoms with Crippen molar-refractivity contribution >= 4 is 11.5 Å². The van der Waals surface area contributed by atoms with Crippen molar-refractivity contribution in [1.82, 2.24) is 5.32 Å². The van der Waals surface area contributed by atoms with Crippen molar-refractivity contribution in [2.75, 3.05) is 12.8 Å². The van der Waals surface area contributed by atoms with E-state index in [1.165, 1.54) is 12.1 Å². The first-order chi connectivity index (χ1) is 6.56. The Bertz CT molecular complexity index is 352. The van der Waals surface area contributed by atoms with Gasteiger partial charge in [0.1, 0.15) is 5.82 Å². The minimum absolute atomic E-state index is 0.134. The number of benzene rings is 1. The van der Waals surface area contributed by atoms with E-state index in [0.29, 0.717) is 5.56 Å². The number of carbonyl (C=O) groups is 1. The molecule has 0 saturated heterocycles. The van der Waals surface area contributed by atoms with Gasteiger partial charge < -0.3 is 11.1 Å². The van der Waals surface area contributed by atoms with Gasteiger partial charge in [0.2, 0.25) is 0 Å². The van der Waals surface area contributed by atoms with Crippen LogP contribution in [-0.4, -0.2) is 18.9 Å². The van der Waals surface area contributed by atoms with Gasteiger partial charge in [0.25, 0.3) is 0 Å². The molecule has 0 radical (unpaired) electrons. The second kappa shape index (κ2) is 4.19. The first kappa shape index (κ1) is 10.7. The molecular weight excluding hydrogens is 183 g/mol. The lowest BCUT2D eigenvalue weighted by atomic mass is 10.0. The molecule has 3 nitrogen and oxygen atoms in total. The predicted octanol–water partition coefficient (Wildman–Crippen LogP) is 1.20. The van der Waals surface area contributed by atoms with Crippen LogP contribution in [0.2, 0.25) is 0 Å². The average Bonchev–Trinajstić information content (AvgIpc) is 2.15. The number of likely N-dealkylation sites (N-methyl/N-ethyl adjacent to an activating group) is 1. The van der Waals surface area contributed by atoms with Crippen LogP contribution in [0.15, 0.2) is 18.2 Å². The summed E-state index contributed by atoms with van der Waals surface area (Å²) in [6, 6.07) is 3.46. The van der Waals surface area contributed by atoms with Crippen molar-refractivity contribution < 1.29 is 9.18 Å². The van der Waals surface area contributed by atoms with Gasteiger partial charge in [0.05, 0.1) is 6.04 Å². The topological polar surface area (TPSA) is 55.1 Å². The van der Waals surface area contributed by atoms with Crippen LogP contribution in [-0.2, 0) is 0 Å². The van der Waals surface area contributed by atoms with Crippen LogP contribution in [0.25, 0.3) is 0 Å². The number of anilines is 1. The average molecular weight is 196 g/mol. The fraction of sp³-hybridized carbons (Fsp3) is 0.300. The van der Waals surface area contributed by atoms with E-state index >= 15 is 0 Å². The molecule has 0 aliphatic carbocycles. The zero-order chi connectivity index (χ0) is 10.7. The second-order valence-corrected chi connectivity index (χ2v) is 3.11. The summed E-state index contributed by atoms with van der Waals surface area (Å²) in [5, 5.41) is 2.81. The first-order valence-corrected chi connectivity index (χ1v) is 4.32. The third-order valence-electron chi connectivity index (χ3n) is 2.11. The molecule has 1 rings (SSSR count). The SMILES string of the molecule is CNC(C)C(=O)c1ccc(F)cc1N. The molecule has 1 aromatic rings. The molecule has 0 bridgehead atoms. The lowest BCUT2D eigenvalue weighted by Crippen LogP contribution is -2.31. The van der Waals surface area contributed by atoms with E-state index in [1.807, 2.05) is 0 Å². The molecule has 0 aliphatic heterocycles. The van der Waals surface area contributed by atoms with Crippen LogP contribution in [0, 0.1) is 5.82 Å². The molecule has 4 heteroatoms. The maximum absolute atomic E-state index is 12.7. The molecule has 0 aromatic heterocycles. The van der Waals surface area contributed by atoms with E-state index < -0.39 is 5.82 Å². The van der Waals surface area contributed by atoms with Crippen molar-refractivity contribution in [3.8, 4) is 0 Å². The van der Waals surface area contributed by atoms with Crippen LogP contribution in [0.5, 0.6) is 0 Å². The highest BCUT2D eigenvalue weighted by molar-refractivity contribution is 6.03. The Balaban J connectivity index is 3.02. The molecule has 1 atom stereocenters. The van der Waals surface area contributed by atoms with Gasteiger partial charge in [-0.15, -0.1) is 0 Å². The molecule has 0 fully saturated rings. The number of hydrogen-bond donors (Lipinski definition) is 2. The van der Waals surface area contributed by atoms with E-state index in [2.05, 4.69) is 5.32 Å². The molecule has 14 heavy (non-hydrogen) atoms. The third-order valence-corrected chi connectivity index (χ3v) is 2.11. The zero-order valence-corrected chi connectivity index (χ0v) is 8.17. The normalized spacial score (nSPS) is 12.5. The number of halogens is 1. The Morgan fingerprint density at radius 1 is 1.57 bits per heavy atom. The Hall–Kier alpha value is -1.42. The molecule has 0 amide bonds. The first-order valence-electron chi connectivity index (χ1n) is 4.32. The molecule has 0 saturated carbocycles. The van der Waals surface area contributed by atoms with Gasteiger partial charge in [0.15, 0.2) is 5.78 Å². The number of rotatable bonds is 3. The zero-order valence-electron chi connectivity index (χ0n) is 8.17. The molecule has 1 aromatic carbocycles. The van der Waals surface area contributed by atoms with Crippen LogP contribution < -0.4 is 11.1 Å². The highest BCUT2D eigenvalue weighted by Crippen LogP contribution is 2.15. The summed E-state index contributed by atoms with van der Waals surface area (Å²) in [7, 11) is 1.68. The molecule has 0 spiro atoms. The summed E-state index contributed by atoms with van der Waals surface area (Å²) in [6.07, 6.45) is 0. The quantitative estimate of drug-likeness (QED) is 0.564. The van der Waals surface area contributed by atoms with Crippen molar-refractivity contribution in [3.05, 3.63) is 29.6 Å². The fourth-order valence-corrected chi connectivity index (χ4v) is 1.12. The number of nitrogens with one attached hydrogen (secondary N) is 1. The van der Waals surface area contributed by atoms with Crippen molar-refractivity contribution in [3.63, 3.8) is 0 Å². The standard InChI is InChI=1S/C10H13FN2O/c1-6(13-2)10(14)8-4-3-7(11)5-9(8)12/h3-6,13H,12H2,1-2H3. The van der Waals surface area contributed by atoms with Crippen molar-refractivity contribution in [1.29, 1.82) is 0 Å².